The summed E-state index contributed by atoms with van der Waals surface area (Å²) in [5.74, 6) is 0. The lowest BCUT2D eigenvalue weighted by Crippen LogP contribution is -1.89. The molecule has 0 bridgehead atoms. The van der Waals surface area contributed by atoms with Gasteiger partial charge < -0.3 is 4.42 Å². The summed E-state index contributed by atoms with van der Waals surface area (Å²) in [5.41, 5.74) is 2.79. The zero-order chi connectivity index (χ0) is 10.5. The molecule has 3 heterocycles. The smallest absolute Gasteiger partial charge is 0.225 e. The van der Waals surface area contributed by atoms with Gasteiger partial charge in [-0.15, -0.1) is 5.10 Å². The number of fused-ring (bicyclic) bond motifs is 5. The summed E-state index contributed by atoms with van der Waals surface area (Å²) in [5, 5.41) is 12.2. The summed E-state index contributed by atoms with van der Waals surface area (Å²) in [6.45, 7) is 0. The first-order valence-electron chi connectivity index (χ1n) is 4.77. The molecule has 6 heteroatoms. The van der Waals surface area contributed by atoms with E-state index in [1.54, 1.807) is 6.33 Å². The summed E-state index contributed by atoms with van der Waals surface area (Å²) in [6, 6.07) is 7.74. The van der Waals surface area contributed by atoms with E-state index >= 15 is 0 Å². The van der Waals surface area contributed by atoms with Gasteiger partial charge >= 0.3 is 0 Å². The van der Waals surface area contributed by atoms with Crippen molar-refractivity contribution < 1.29 is 4.42 Å². The Hall–Kier alpha value is -2.50. The Morgan fingerprint density at radius 2 is 2.12 bits per heavy atom. The number of tetrazole rings is 1. The molecule has 0 aliphatic heterocycles. The van der Waals surface area contributed by atoms with Crippen LogP contribution in [0, 0.1) is 0 Å². The van der Waals surface area contributed by atoms with Crippen LogP contribution in [0.25, 0.3) is 27.7 Å². The van der Waals surface area contributed by atoms with Crippen molar-refractivity contribution in [3.05, 3.63) is 30.6 Å². The second kappa shape index (κ2) is 2.54. The molecule has 0 N–H and O–H groups in total. The van der Waals surface area contributed by atoms with E-state index in [0.29, 0.717) is 11.2 Å². The van der Waals surface area contributed by atoms with Crippen LogP contribution in [0.4, 0.5) is 0 Å². The predicted octanol–water partition coefficient (Wildman–Crippen LogP) is 1.42. The maximum absolute atomic E-state index is 5.70. The van der Waals surface area contributed by atoms with E-state index in [9.17, 15) is 0 Å². The standard InChI is InChI=1S/C10H5N5O/c1-2-4-7-6(3-1)8-9(16-7)10-12-13-14-15(10)5-11-8/h1-5H. The monoisotopic (exact) mass is 211 g/mol. The van der Waals surface area contributed by atoms with E-state index in [1.165, 1.54) is 4.52 Å². The summed E-state index contributed by atoms with van der Waals surface area (Å²) >= 11 is 0. The first kappa shape index (κ1) is 7.75. The summed E-state index contributed by atoms with van der Waals surface area (Å²) in [7, 11) is 0. The first-order valence-corrected chi connectivity index (χ1v) is 4.77. The van der Waals surface area contributed by atoms with Crippen molar-refractivity contribution in [1.29, 1.82) is 0 Å². The van der Waals surface area contributed by atoms with Crippen LogP contribution in [-0.2, 0) is 0 Å². The number of hydrogen-bond donors (Lipinski definition) is 0. The van der Waals surface area contributed by atoms with Gasteiger partial charge in [-0.3, -0.25) is 0 Å². The number of hydrogen-bond acceptors (Lipinski definition) is 5. The van der Waals surface area contributed by atoms with Crippen LogP contribution in [0.3, 0.4) is 0 Å². The number of para-hydroxylation sites is 1. The largest absolute Gasteiger partial charge is 0.450 e. The lowest BCUT2D eigenvalue weighted by molar-refractivity contribution is 0.667. The molecule has 0 amide bonds. The van der Waals surface area contributed by atoms with E-state index < -0.39 is 0 Å². The Bertz CT molecular complexity index is 816. The Balaban J connectivity index is 2.38. The average Bonchev–Trinajstić information content (AvgIpc) is 2.92. The number of benzene rings is 1. The maximum Gasteiger partial charge on any atom is 0.225 e. The van der Waals surface area contributed by atoms with Crippen molar-refractivity contribution in [2.75, 3.05) is 0 Å². The Kier molecular flexibility index (Phi) is 1.23. The minimum Gasteiger partial charge on any atom is -0.450 e. The van der Waals surface area contributed by atoms with Gasteiger partial charge in [0.2, 0.25) is 5.65 Å². The number of aromatic nitrogens is 5. The van der Waals surface area contributed by atoms with Gasteiger partial charge in [0, 0.05) is 5.39 Å². The van der Waals surface area contributed by atoms with Gasteiger partial charge in [0.1, 0.15) is 17.4 Å². The molecule has 0 atom stereocenters. The minimum atomic E-state index is 0.584. The molecule has 76 valence electrons. The molecule has 4 rings (SSSR count). The predicted molar refractivity (Wildman–Crippen MR) is 55.9 cm³/mol. The van der Waals surface area contributed by atoms with Gasteiger partial charge in [-0.1, -0.05) is 12.1 Å². The third-order valence-electron chi connectivity index (χ3n) is 2.56. The van der Waals surface area contributed by atoms with E-state index in [4.69, 9.17) is 4.42 Å². The molecule has 0 aliphatic carbocycles. The second-order valence-corrected chi connectivity index (χ2v) is 3.47. The van der Waals surface area contributed by atoms with Crippen molar-refractivity contribution in [3.8, 4) is 0 Å². The van der Waals surface area contributed by atoms with Crippen molar-refractivity contribution in [2.45, 2.75) is 0 Å². The molecule has 4 aromatic rings. The molecule has 0 unspecified atom stereocenters. The Labute approximate surface area is 88.5 Å². The number of furan rings is 1. The Morgan fingerprint density at radius 1 is 1.19 bits per heavy atom. The summed E-state index contributed by atoms with van der Waals surface area (Å²) < 4.78 is 7.19. The van der Waals surface area contributed by atoms with Crippen LogP contribution in [-0.4, -0.2) is 25.0 Å². The van der Waals surface area contributed by atoms with Crippen molar-refractivity contribution in [2.24, 2.45) is 0 Å². The quantitative estimate of drug-likeness (QED) is 0.440. The van der Waals surface area contributed by atoms with E-state index in [0.717, 1.165) is 16.5 Å². The topological polar surface area (TPSA) is 69.1 Å². The van der Waals surface area contributed by atoms with Gasteiger partial charge in [-0.2, -0.15) is 4.52 Å². The van der Waals surface area contributed by atoms with Gasteiger partial charge in [0.15, 0.2) is 5.58 Å². The van der Waals surface area contributed by atoms with Crippen LogP contribution >= 0.6 is 0 Å². The molecular weight excluding hydrogens is 206 g/mol. The zero-order valence-electron chi connectivity index (χ0n) is 8.03. The summed E-state index contributed by atoms with van der Waals surface area (Å²) in [6.07, 6.45) is 1.58. The molecule has 0 spiro atoms. The van der Waals surface area contributed by atoms with E-state index in [-0.39, 0.29) is 0 Å². The lowest BCUT2D eigenvalue weighted by Gasteiger charge is -1.88. The van der Waals surface area contributed by atoms with Gasteiger partial charge in [0.05, 0.1) is 0 Å². The Morgan fingerprint density at radius 3 is 3.12 bits per heavy atom. The highest BCUT2D eigenvalue weighted by molar-refractivity contribution is 6.06. The zero-order valence-corrected chi connectivity index (χ0v) is 8.03. The molecule has 0 radical (unpaired) electrons. The maximum atomic E-state index is 5.70. The molecule has 0 saturated carbocycles. The van der Waals surface area contributed by atoms with E-state index in [1.807, 2.05) is 24.3 Å². The van der Waals surface area contributed by atoms with Crippen LogP contribution < -0.4 is 0 Å². The highest BCUT2D eigenvalue weighted by Crippen LogP contribution is 2.27. The molecule has 3 aromatic heterocycles. The van der Waals surface area contributed by atoms with Crippen molar-refractivity contribution in [3.63, 3.8) is 0 Å². The molecular formula is C10H5N5O. The summed E-state index contributed by atoms with van der Waals surface area (Å²) in [4.78, 5) is 4.30. The van der Waals surface area contributed by atoms with Crippen LogP contribution in [0.5, 0.6) is 0 Å². The second-order valence-electron chi connectivity index (χ2n) is 3.47. The normalized spacial score (nSPS) is 11.8. The third kappa shape index (κ3) is 0.813. The fraction of sp³-hybridized carbons (Fsp3) is 0. The highest BCUT2D eigenvalue weighted by Gasteiger charge is 2.12. The molecule has 0 aliphatic rings. The van der Waals surface area contributed by atoms with Crippen LogP contribution in [0.15, 0.2) is 35.0 Å². The highest BCUT2D eigenvalue weighted by atomic mass is 16.3. The average molecular weight is 211 g/mol. The van der Waals surface area contributed by atoms with Crippen LogP contribution in [0.2, 0.25) is 0 Å². The molecule has 1 aromatic carbocycles. The van der Waals surface area contributed by atoms with Crippen LogP contribution in [0.1, 0.15) is 0 Å². The number of rotatable bonds is 0. The molecule has 6 nitrogen and oxygen atoms in total. The first-order chi connectivity index (χ1) is 7.93. The van der Waals surface area contributed by atoms with Gasteiger partial charge in [-0.05, 0) is 22.6 Å². The van der Waals surface area contributed by atoms with Gasteiger partial charge in [0.25, 0.3) is 0 Å². The molecule has 0 fully saturated rings. The fourth-order valence-electron chi connectivity index (χ4n) is 1.84. The fourth-order valence-corrected chi connectivity index (χ4v) is 1.84. The minimum absolute atomic E-state index is 0.584. The SMILES string of the molecule is c1ccc2c(c1)oc1c2ncn2nnnc12. The van der Waals surface area contributed by atoms with Crippen molar-refractivity contribution >= 4 is 27.7 Å². The van der Waals surface area contributed by atoms with Gasteiger partial charge in [-0.25, -0.2) is 4.98 Å². The number of nitrogens with zero attached hydrogens (tertiary/aromatic N) is 5. The van der Waals surface area contributed by atoms with Crippen molar-refractivity contribution in [1.82, 2.24) is 25.0 Å². The lowest BCUT2D eigenvalue weighted by atomic mass is 10.2. The molecule has 0 saturated heterocycles. The van der Waals surface area contributed by atoms with E-state index in [2.05, 4.69) is 20.5 Å². The third-order valence-corrected chi connectivity index (χ3v) is 2.56. The molecule has 16 heavy (non-hydrogen) atoms.